The number of halogens is 3. The number of aliphatic hydroxyl groups excluding tert-OH is 1. The van der Waals surface area contributed by atoms with Crippen molar-refractivity contribution in [3.8, 4) is 17.0 Å². The van der Waals surface area contributed by atoms with Gasteiger partial charge in [-0.2, -0.15) is 23.3 Å². The number of hydrogen-bond donors (Lipinski definition) is 4. The summed E-state index contributed by atoms with van der Waals surface area (Å²) < 4.78 is 61.5. The Labute approximate surface area is 258 Å². The molecule has 4 rings (SSSR count). The Balaban J connectivity index is 1.68. The van der Waals surface area contributed by atoms with Crippen molar-refractivity contribution < 1.29 is 32.4 Å². The zero-order valence-corrected chi connectivity index (χ0v) is 25.9. The molecule has 1 unspecified atom stereocenters. The van der Waals surface area contributed by atoms with Crippen molar-refractivity contribution >= 4 is 36.8 Å². The standard InChI is InChI=1S/C29H32F3N8O4P/c1-17(2)45(43)16-18-6-7-22(24(12-18)44-4)38-28-34-14-20(29(30,31)32)26(39-28)37-23-9-8-21(36-25(23)27(42)33-3)19-13-35-40(15-19)10-5-11-41/h6-9,12-15,17,41H,5,10-11,16H2,1-4H3,(H2-,33,34,37,38,39,42)/p+1. The second-order valence-electron chi connectivity index (χ2n) is 10.1. The van der Waals surface area contributed by atoms with Crippen LogP contribution in [0.25, 0.3) is 11.3 Å². The highest BCUT2D eigenvalue weighted by Crippen LogP contribution is 2.38. The molecule has 4 N–H and O–H groups in total. The lowest BCUT2D eigenvalue weighted by molar-refractivity contribution is -0.137. The highest BCUT2D eigenvalue weighted by molar-refractivity contribution is 7.44. The third kappa shape index (κ3) is 8.31. The summed E-state index contributed by atoms with van der Waals surface area (Å²) in [6.45, 7) is 4.21. The molecule has 0 fully saturated rings. The first-order valence-electron chi connectivity index (χ1n) is 13.9. The zero-order chi connectivity index (χ0) is 32.7. The summed E-state index contributed by atoms with van der Waals surface area (Å²) in [6, 6.07) is 8.04. The number of methoxy groups -OCH3 is 1. The molecule has 0 spiro atoms. The number of alkyl halides is 3. The molecule has 0 aliphatic heterocycles. The van der Waals surface area contributed by atoms with E-state index >= 15 is 0 Å². The van der Waals surface area contributed by atoms with Gasteiger partial charge in [-0.15, -0.1) is 0 Å². The average Bonchev–Trinajstić information content (AvgIpc) is 3.49. The number of ether oxygens (including phenoxy) is 1. The van der Waals surface area contributed by atoms with Gasteiger partial charge < -0.3 is 25.8 Å². The minimum atomic E-state index is -4.82. The van der Waals surface area contributed by atoms with E-state index in [0.717, 1.165) is 5.56 Å². The molecule has 0 saturated heterocycles. The lowest BCUT2D eigenvalue weighted by Gasteiger charge is -2.17. The minimum absolute atomic E-state index is 0.00337. The maximum absolute atomic E-state index is 14.0. The van der Waals surface area contributed by atoms with Gasteiger partial charge in [0.25, 0.3) is 5.91 Å². The quantitative estimate of drug-likeness (QED) is 0.133. The van der Waals surface area contributed by atoms with E-state index in [9.17, 15) is 22.5 Å². The molecule has 3 aromatic heterocycles. The lowest BCUT2D eigenvalue weighted by atomic mass is 10.1. The fourth-order valence-electron chi connectivity index (χ4n) is 4.16. The van der Waals surface area contributed by atoms with Crippen molar-refractivity contribution in [2.24, 2.45) is 0 Å². The predicted molar refractivity (Wildman–Crippen MR) is 164 cm³/mol. The maximum atomic E-state index is 14.0. The van der Waals surface area contributed by atoms with Crippen LogP contribution in [0.15, 0.2) is 48.9 Å². The lowest BCUT2D eigenvalue weighted by Crippen LogP contribution is -2.21. The Morgan fingerprint density at radius 1 is 1.11 bits per heavy atom. The van der Waals surface area contributed by atoms with Gasteiger partial charge >= 0.3 is 14.0 Å². The topological polar surface area (TPSA) is 156 Å². The van der Waals surface area contributed by atoms with Gasteiger partial charge in [0.1, 0.15) is 17.1 Å². The summed E-state index contributed by atoms with van der Waals surface area (Å²) in [7, 11) is 1.34. The van der Waals surface area contributed by atoms with Gasteiger partial charge in [0, 0.05) is 43.7 Å². The summed E-state index contributed by atoms with van der Waals surface area (Å²) in [5.41, 5.74) is 0.742. The summed E-state index contributed by atoms with van der Waals surface area (Å²) in [6.07, 6.45) is -0.118. The molecule has 1 atom stereocenters. The van der Waals surface area contributed by atoms with E-state index in [4.69, 9.17) is 9.84 Å². The molecule has 45 heavy (non-hydrogen) atoms. The summed E-state index contributed by atoms with van der Waals surface area (Å²) in [4.78, 5) is 25.1. The number of pyridine rings is 1. The van der Waals surface area contributed by atoms with Crippen molar-refractivity contribution in [1.82, 2.24) is 30.0 Å². The molecule has 1 amide bonds. The van der Waals surface area contributed by atoms with Crippen molar-refractivity contribution in [2.45, 2.75) is 44.8 Å². The molecule has 0 saturated carbocycles. The smallest absolute Gasteiger partial charge is 0.421 e. The summed E-state index contributed by atoms with van der Waals surface area (Å²) in [5.74, 6) is -1.07. The number of carbonyl (C=O) groups is 1. The van der Waals surface area contributed by atoms with Crippen LogP contribution in [0.4, 0.5) is 36.3 Å². The van der Waals surface area contributed by atoms with E-state index in [1.165, 1.54) is 32.5 Å². The number of nitrogens with one attached hydrogen (secondary N) is 3. The molecular formula is C29H33F3N8O4P+. The molecular weight excluding hydrogens is 612 g/mol. The van der Waals surface area contributed by atoms with Crippen LogP contribution in [-0.2, 0) is 23.4 Å². The van der Waals surface area contributed by atoms with Gasteiger partial charge in [0.15, 0.2) is 17.5 Å². The Morgan fingerprint density at radius 2 is 1.87 bits per heavy atom. The van der Waals surface area contributed by atoms with E-state index in [1.807, 2.05) is 13.8 Å². The number of benzene rings is 1. The van der Waals surface area contributed by atoms with Crippen LogP contribution in [-0.4, -0.2) is 62.2 Å². The minimum Gasteiger partial charge on any atom is -0.495 e. The molecule has 0 bridgehead atoms. The first kappa shape index (κ1) is 33.3. The fourth-order valence-corrected chi connectivity index (χ4v) is 5.08. The van der Waals surface area contributed by atoms with Gasteiger partial charge in [-0.1, -0.05) is 10.6 Å². The van der Waals surface area contributed by atoms with Crippen LogP contribution in [0.3, 0.4) is 0 Å². The number of carbonyl (C=O) groups excluding carboxylic acids is 1. The van der Waals surface area contributed by atoms with E-state index in [-0.39, 0.29) is 29.6 Å². The number of anilines is 4. The summed E-state index contributed by atoms with van der Waals surface area (Å²) >= 11 is 0. The number of aryl methyl sites for hydroxylation is 1. The van der Waals surface area contributed by atoms with Gasteiger partial charge in [0.05, 0.1) is 30.4 Å². The van der Waals surface area contributed by atoms with Crippen molar-refractivity contribution in [1.29, 1.82) is 0 Å². The monoisotopic (exact) mass is 645 g/mol. The third-order valence-electron chi connectivity index (χ3n) is 6.59. The van der Waals surface area contributed by atoms with Crippen LogP contribution in [0.2, 0.25) is 0 Å². The first-order chi connectivity index (χ1) is 21.4. The van der Waals surface area contributed by atoms with Gasteiger partial charge in [-0.3, -0.25) is 9.48 Å². The second-order valence-corrected chi connectivity index (χ2v) is 12.3. The van der Waals surface area contributed by atoms with E-state index in [0.29, 0.717) is 48.0 Å². The van der Waals surface area contributed by atoms with Crippen LogP contribution in [0.1, 0.15) is 41.9 Å². The number of amides is 1. The second kappa shape index (κ2) is 14.4. The number of nitrogens with zero attached hydrogens (tertiary/aromatic N) is 5. The Bertz CT molecular complexity index is 1680. The largest absolute Gasteiger partial charge is 0.495 e. The summed E-state index contributed by atoms with van der Waals surface area (Å²) in [5, 5.41) is 21.2. The van der Waals surface area contributed by atoms with Crippen LogP contribution in [0.5, 0.6) is 5.75 Å². The van der Waals surface area contributed by atoms with Gasteiger partial charge in [-0.05, 0) is 44.5 Å². The molecule has 12 nitrogen and oxygen atoms in total. The molecule has 3 heterocycles. The third-order valence-corrected chi connectivity index (χ3v) is 8.41. The maximum Gasteiger partial charge on any atom is 0.421 e. The van der Waals surface area contributed by atoms with Crippen molar-refractivity contribution in [3.05, 3.63) is 65.7 Å². The molecule has 0 aliphatic rings. The first-order valence-corrected chi connectivity index (χ1v) is 15.4. The molecule has 0 aliphatic carbocycles. The zero-order valence-electron chi connectivity index (χ0n) is 25.0. The van der Waals surface area contributed by atoms with E-state index < -0.39 is 31.3 Å². The van der Waals surface area contributed by atoms with Crippen LogP contribution in [0, 0.1) is 0 Å². The van der Waals surface area contributed by atoms with Gasteiger partial charge in [-0.25, -0.2) is 9.97 Å². The Hall–Kier alpha value is -4.62. The average molecular weight is 646 g/mol. The van der Waals surface area contributed by atoms with Gasteiger partial charge in [0.2, 0.25) is 5.95 Å². The number of aromatic nitrogens is 5. The fraction of sp³-hybridized carbons (Fsp3) is 0.345. The van der Waals surface area contributed by atoms with Crippen LogP contribution >= 0.6 is 7.80 Å². The van der Waals surface area contributed by atoms with Crippen LogP contribution < -0.4 is 20.7 Å². The number of rotatable bonds is 13. The molecule has 0 radical (unpaired) electrons. The normalized spacial score (nSPS) is 11.8. The molecule has 238 valence electrons. The molecule has 4 aromatic rings. The van der Waals surface area contributed by atoms with E-state index in [2.05, 4.69) is 36.0 Å². The predicted octanol–water partition coefficient (Wildman–Crippen LogP) is 5.73. The molecule has 1 aromatic carbocycles. The Kier molecular flexibility index (Phi) is 10.7. The highest BCUT2D eigenvalue weighted by atomic mass is 31.1. The van der Waals surface area contributed by atoms with Crippen molar-refractivity contribution in [3.63, 3.8) is 0 Å². The SMILES string of the molecule is CNC(=O)c1nc(-c2cnn(CCCO)c2)ccc1Nc1nc(Nc2ccc(C[P+](=O)C(C)C)cc2OC)ncc1C(F)(F)F. The molecule has 16 heteroatoms. The van der Waals surface area contributed by atoms with Crippen molar-refractivity contribution in [2.75, 3.05) is 31.4 Å². The Morgan fingerprint density at radius 3 is 2.53 bits per heavy atom. The number of hydrogen-bond acceptors (Lipinski definition) is 10. The highest BCUT2D eigenvalue weighted by Gasteiger charge is 2.36. The number of aliphatic hydroxyl groups is 1. The van der Waals surface area contributed by atoms with E-state index in [1.54, 1.807) is 29.1 Å².